The molecule has 1 atom stereocenters. The molecule has 2 aliphatic rings. The maximum absolute atomic E-state index is 13.1. The van der Waals surface area contributed by atoms with E-state index in [-0.39, 0.29) is 30.9 Å². The number of likely N-dealkylation sites (tertiary alicyclic amines) is 1. The Labute approximate surface area is 200 Å². The van der Waals surface area contributed by atoms with Gasteiger partial charge in [0.2, 0.25) is 5.91 Å². The topological polar surface area (TPSA) is 95.9 Å². The van der Waals surface area contributed by atoms with E-state index in [2.05, 4.69) is 29.6 Å². The average molecular weight is 465 g/mol. The third kappa shape index (κ3) is 4.93. The van der Waals surface area contributed by atoms with Crippen LogP contribution in [0.25, 0.3) is 11.1 Å². The standard InChI is InChI=1S/C27H32N2O5/c1-27(2,25(32)29-15-7-8-18(29)16-24(30)31)13-14-28-26(33)34-17-23-21-11-5-3-9-19(21)20-10-4-6-12-22(20)23/h3-6,9-12,18,23H,7-8,13-17H2,1-2H3,(H,28,33)(H,30,31)/t18-/m0/s1. The van der Waals surface area contributed by atoms with Gasteiger partial charge in [-0.25, -0.2) is 4.79 Å². The highest BCUT2D eigenvalue weighted by Crippen LogP contribution is 2.44. The summed E-state index contributed by atoms with van der Waals surface area (Å²) >= 11 is 0. The van der Waals surface area contributed by atoms with E-state index in [0.717, 1.165) is 17.5 Å². The molecule has 2 aromatic carbocycles. The Morgan fingerprint density at radius 2 is 1.68 bits per heavy atom. The van der Waals surface area contributed by atoms with Crippen LogP contribution in [0.15, 0.2) is 48.5 Å². The molecule has 0 aromatic heterocycles. The molecule has 1 aliphatic heterocycles. The van der Waals surface area contributed by atoms with Crippen molar-refractivity contribution in [2.24, 2.45) is 5.41 Å². The molecule has 2 N–H and O–H groups in total. The molecule has 1 aliphatic carbocycles. The van der Waals surface area contributed by atoms with E-state index in [0.29, 0.717) is 25.9 Å². The zero-order valence-corrected chi connectivity index (χ0v) is 19.8. The maximum Gasteiger partial charge on any atom is 0.407 e. The number of fused-ring (bicyclic) bond motifs is 3. The summed E-state index contributed by atoms with van der Waals surface area (Å²) in [5.41, 5.74) is 3.96. The Kier molecular flexibility index (Phi) is 6.91. The van der Waals surface area contributed by atoms with E-state index in [4.69, 9.17) is 9.84 Å². The summed E-state index contributed by atoms with van der Waals surface area (Å²) < 4.78 is 5.56. The van der Waals surface area contributed by atoms with Crippen molar-refractivity contribution >= 4 is 18.0 Å². The second kappa shape index (κ2) is 9.87. The number of ether oxygens (including phenoxy) is 1. The molecule has 0 radical (unpaired) electrons. The zero-order valence-electron chi connectivity index (χ0n) is 19.8. The summed E-state index contributed by atoms with van der Waals surface area (Å²) in [6.45, 7) is 4.80. The van der Waals surface area contributed by atoms with Crippen LogP contribution >= 0.6 is 0 Å². The molecule has 1 saturated heterocycles. The van der Waals surface area contributed by atoms with Gasteiger partial charge in [-0.15, -0.1) is 0 Å². The van der Waals surface area contributed by atoms with Gasteiger partial charge in [-0.1, -0.05) is 62.4 Å². The Morgan fingerprint density at radius 1 is 1.06 bits per heavy atom. The summed E-state index contributed by atoms with van der Waals surface area (Å²) in [6.07, 6.45) is 1.44. The molecular weight excluding hydrogens is 432 g/mol. The van der Waals surface area contributed by atoms with Gasteiger partial charge in [-0.05, 0) is 41.5 Å². The highest BCUT2D eigenvalue weighted by Gasteiger charge is 2.38. The first-order valence-corrected chi connectivity index (χ1v) is 11.9. The van der Waals surface area contributed by atoms with Crippen molar-refractivity contribution in [1.82, 2.24) is 10.2 Å². The molecule has 0 bridgehead atoms. The molecule has 7 nitrogen and oxygen atoms in total. The minimum absolute atomic E-state index is 0.00231. The van der Waals surface area contributed by atoms with Crippen molar-refractivity contribution in [2.75, 3.05) is 19.7 Å². The van der Waals surface area contributed by atoms with Crippen molar-refractivity contribution in [3.05, 3.63) is 59.7 Å². The highest BCUT2D eigenvalue weighted by atomic mass is 16.5. The summed E-state index contributed by atoms with van der Waals surface area (Å²) in [4.78, 5) is 38.3. The fraction of sp³-hybridized carbons (Fsp3) is 0.444. The number of amides is 2. The van der Waals surface area contributed by atoms with Crippen LogP contribution in [0.3, 0.4) is 0 Å². The smallest absolute Gasteiger partial charge is 0.407 e. The van der Waals surface area contributed by atoms with Crippen LogP contribution in [0, 0.1) is 5.41 Å². The van der Waals surface area contributed by atoms with Crippen molar-refractivity contribution in [3.63, 3.8) is 0 Å². The molecule has 0 saturated carbocycles. The predicted octanol–water partition coefficient (Wildman–Crippen LogP) is 4.41. The Morgan fingerprint density at radius 3 is 2.29 bits per heavy atom. The average Bonchev–Trinajstić information content (AvgIpc) is 3.39. The van der Waals surface area contributed by atoms with Gasteiger partial charge in [-0.3, -0.25) is 9.59 Å². The van der Waals surface area contributed by atoms with Gasteiger partial charge in [0.15, 0.2) is 0 Å². The molecule has 2 amide bonds. The first-order valence-electron chi connectivity index (χ1n) is 11.9. The van der Waals surface area contributed by atoms with Gasteiger partial charge in [0.1, 0.15) is 6.61 Å². The van der Waals surface area contributed by atoms with E-state index in [9.17, 15) is 14.4 Å². The quantitative estimate of drug-likeness (QED) is 0.603. The maximum atomic E-state index is 13.1. The van der Waals surface area contributed by atoms with E-state index in [1.807, 2.05) is 38.1 Å². The number of carbonyl (C=O) groups is 3. The fourth-order valence-electron chi connectivity index (χ4n) is 5.14. The largest absolute Gasteiger partial charge is 0.481 e. The summed E-state index contributed by atoms with van der Waals surface area (Å²) in [6, 6.07) is 16.1. The molecule has 7 heteroatoms. The van der Waals surface area contributed by atoms with Crippen LogP contribution in [0.2, 0.25) is 0 Å². The van der Waals surface area contributed by atoms with Crippen LogP contribution in [-0.2, 0) is 14.3 Å². The molecular formula is C27H32N2O5. The van der Waals surface area contributed by atoms with Gasteiger partial charge in [0.25, 0.3) is 0 Å². The SMILES string of the molecule is CC(C)(CCNC(=O)OCC1c2ccccc2-c2ccccc21)C(=O)N1CCC[C@H]1CC(=O)O. The Hall–Kier alpha value is -3.35. The third-order valence-electron chi connectivity index (χ3n) is 6.99. The number of nitrogens with zero attached hydrogens (tertiary/aromatic N) is 1. The summed E-state index contributed by atoms with van der Waals surface area (Å²) in [7, 11) is 0. The monoisotopic (exact) mass is 464 g/mol. The number of carboxylic acid groups (broad SMARTS) is 1. The van der Waals surface area contributed by atoms with E-state index in [1.165, 1.54) is 11.1 Å². The number of rotatable bonds is 8. The lowest BCUT2D eigenvalue weighted by Crippen LogP contribution is -2.45. The number of alkyl carbamates (subject to hydrolysis) is 1. The lowest BCUT2D eigenvalue weighted by molar-refractivity contribution is -0.144. The molecule has 4 rings (SSSR count). The number of aliphatic carboxylic acids is 1. The van der Waals surface area contributed by atoms with Crippen LogP contribution in [0.5, 0.6) is 0 Å². The van der Waals surface area contributed by atoms with Gasteiger partial charge in [-0.2, -0.15) is 0 Å². The van der Waals surface area contributed by atoms with Crippen LogP contribution in [0.1, 0.15) is 56.6 Å². The second-order valence-corrected chi connectivity index (χ2v) is 9.78. The van der Waals surface area contributed by atoms with Gasteiger partial charge in [0.05, 0.1) is 6.42 Å². The first kappa shape index (κ1) is 23.8. The van der Waals surface area contributed by atoms with Crippen LogP contribution in [0.4, 0.5) is 4.79 Å². The molecule has 0 unspecified atom stereocenters. The molecule has 34 heavy (non-hydrogen) atoms. The molecule has 1 heterocycles. The van der Waals surface area contributed by atoms with E-state index >= 15 is 0 Å². The van der Waals surface area contributed by atoms with Crippen LogP contribution in [-0.4, -0.2) is 53.7 Å². The number of hydrogen-bond donors (Lipinski definition) is 2. The van der Waals surface area contributed by atoms with E-state index < -0.39 is 17.5 Å². The van der Waals surface area contributed by atoms with Gasteiger partial charge < -0.3 is 20.1 Å². The number of carboxylic acids is 1. The Balaban J connectivity index is 1.28. The normalized spacial score (nSPS) is 17.2. The van der Waals surface area contributed by atoms with Crippen molar-refractivity contribution in [1.29, 1.82) is 0 Å². The van der Waals surface area contributed by atoms with Crippen LogP contribution < -0.4 is 5.32 Å². The molecule has 180 valence electrons. The summed E-state index contributed by atoms with van der Waals surface area (Å²) in [5, 5.41) is 11.9. The van der Waals surface area contributed by atoms with Gasteiger partial charge in [0, 0.05) is 30.5 Å². The van der Waals surface area contributed by atoms with Crippen molar-refractivity contribution in [2.45, 2.75) is 51.5 Å². The molecule has 2 aromatic rings. The lowest BCUT2D eigenvalue weighted by Gasteiger charge is -2.32. The van der Waals surface area contributed by atoms with Crippen molar-refractivity contribution in [3.8, 4) is 11.1 Å². The van der Waals surface area contributed by atoms with E-state index in [1.54, 1.807) is 4.90 Å². The zero-order chi connectivity index (χ0) is 24.3. The number of hydrogen-bond acceptors (Lipinski definition) is 4. The van der Waals surface area contributed by atoms with Crippen molar-refractivity contribution < 1.29 is 24.2 Å². The highest BCUT2D eigenvalue weighted by molar-refractivity contribution is 5.83. The molecule has 1 fully saturated rings. The minimum atomic E-state index is -0.889. The minimum Gasteiger partial charge on any atom is -0.481 e. The Bertz CT molecular complexity index is 1030. The second-order valence-electron chi connectivity index (χ2n) is 9.78. The number of benzene rings is 2. The number of carbonyl (C=O) groups excluding carboxylic acids is 2. The summed E-state index contributed by atoms with van der Waals surface area (Å²) in [5.74, 6) is -0.956. The van der Waals surface area contributed by atoms with Gasteiger partial charge >= 0.3 is 12.1 Å². The fourth-order valence-corrected chi connectivity index (χ4v) is 5.14. The third-order valence-corrected chi connectivity index (χ3v) is 6.99. The number of nitrogens with one attached hydrogen (secondary N) is 1. The molecule has 0 spiro atoms. The lowest BCUT2D eigenvalue weighted by atomic mass is 9.87. The predicted molar refractivity (Wildman–Crippen MR) is 128 cm³/mol. The first-order chi connectivity index (χ1) is 16.3.